The van der Waals surface area contributed by atoms with E-state index in [0.717, 1.165) is 29.7 Å². The number of rotatable bonds is 5. The lowest BCUT2D eigenvalue weighted by Crippen LogP contribution is -1.89. The first-order valence-corrected chi connectivity index (χ1v) is 5.71. The normalized spacial score (nSPS) is 10.9. The van der Waals surface area contributed by atoms with Crippen LogP contribution in [0.1, 0.15) is 31.9 Å². The first-order valence-electron chi connectivity index (χ1n) is 5.71. The molecule has 0 spiro atoms. The van der Waals surface area contributed by atoms with Crippen molar-refractivity contribution in [2.75, 3.05) is 6.61 Å². The Morgan fingerprint density at radius 2 is 1.75 bits per heavy atom. The minimum atomic E-state index is 0.403. The van der Waals surface area contributed by atoms with Gasteiger partial charge < -0.3 is 9.84 Å². The van der Waals surface area contributed by atoms with Crippen molar-refractivity contribution in [1.29, 1.82) is 0 Å². The summed E-state index contributed by atoms with van der Waals surface area (Å²) in [7, 11) is 0. The van der Waals surface area contributed by atoms with Crippen molar-refractivity contribution in [2.24, 2.45) is 4.99 Å². The van der Waals surface area contributed by atoms with E-state index in [4.69, 9.17) is 4.74 Å². The van der Waals surface area contributed by atoms with Crippen molar-refractivity contribution < 1.29 is 9.84 Å². The van der Waals surface area contributed by atoms with Crippen LogP contribution in [-0.4, -0.2) is 18.1 Å². The highest BCUT2D eigenvalue weighted by molar-refractivity contribution is 5.59. The number of hydrogen-bond acceptors (Lipinski definition) is 3. The topological polar surface area (TPSA) is 41.8 Å². The number of ether oxygens (including phenoxy) is 1. The lowest BCUT2D eigenvalue weighted by Gasteiger charge is -2.08. The third-order valence-corrected chi connectivity index (χ3v) is 2.46. The van der Waals surface area contributed by atoms with Gasteiger partial charge in [0.05, 0.1) is 12.3 Å². The molecule has 88 valence electrons. The monoisotopic (exact) mass is 221 g/mol. The molecule has 16 heavy (non-hydrogen) atoms. The van der Waals surface area contributed by atoms with Crippen LogP contribution in [0.4, 0.5) is 5.69 Å². The molecule has 0 unspecified atom stereocenters. The highest BCUT2D eigenvalue weighted by Crippen LogP contribution is 2.29. The fourth-order valence-corrected chi connectivity index (χ4v) is 1.53. The second-order valence-electron chi connectivity index (χ2n) is 3.51. The van der Waals surface area contributed by atoms with Gasteiger partial charge in [-0.1, -0.05) is 13.8 Å². The summed E-state index contributed by atoms with van der Waals surface area (Å²) in [5, 5.41) is 9.90. The van der Waals surface area contributed by atoms with Gasteiger partial charge in [0.2, 0.25) is 0 Å². The van der Waals surface area contributed by atoms with Crippen LogP contribution in [0.25, 0.3) is 0 Å². The van der Waals surface area contributed by atoms with E-state index in [1.807, 2.05) is 32.9 Å². The second-order valence-corrected chi connectivity index (χ2v) is 3.51. The van der Waals surface area contributed by atoms with Gasteiger partial charge in [-0.3, -0.25) is 0 Å². The predicted molar refractivity (Wildman–Crippen MR) is 66.6 cm³/mol. The minimum absolute atomic E-state index is 0.403. The van der Waals surface area contributed by atoms with Crippen LogP contribution in [0.2, 0.25) is 0 Å². The Bertz CT molecular complexity index is 347. The van der Waals surface area contributed by atoms with Crippen LogP contribution in [-0.2, 0) is 17.6 Å². The third-order valence-electron chi connectivity index (χ3n) is 2.46. The molecule has 0 atom stereocenters. The quantitative estimate of drug-likeness (QED) is 0.612. The predicted octanol–water partition coefficient (Wildman–Crippen LogP) is 3.21. The van der Waals surface area contributed by atoms with Crippen LogP contribution < -0.4 is 0 Å². The molecular formula is C13H19NO2. The molecular weight excluding hydrogens is 202 g/mol. The molecule has 0 amide bonds. The number of nitrogens with zero attached hydrogens (tertiary/aromatic N) is 1. The highest BCUT2D eigenvalue weighted by Gasteiger charge is 2.06. The number of phenols is 1. The molecule has 0 aromatic heterocycles. The summed E-state index contributed by atoms with van der Waals surface area (Å²) in [5.41, 5.74) is 2.70. The maximum absolute atomic E-state index is 9.90. The van der Waals surface area contributed by atoms with E-state index in [1.54, 1.807) is 0 Å². The molecule has 0 radical (unpaired) electrons. The van der Waals surface area contributed by atoms with E-state index < -0.39 is 0 Å². The number of aliphatic imine (C=N–C) groups is 1. The van der Waals surface area contributed by atoms with Crippen LogP contribution in [0.15, 0.2) is 17.1 Å². The van der Waals surface area contributed by atoms with Crippen molar-refractivity contribution in [3.63, 3.8) is 0 Å². The molecule has 3 nitrogen and oxygen atoms in total. The van der Waals surface area contributed by atoms with Crippen LogP contribution in [0, 0.1) is 0 Å². The molecule has 0 aliphatic heterocycles. The zero-order valence-electron chi connectivity index (χ0n) is 10.2. The van der Waals surface area contributed by atoms with Gasteiger partial charge in [0.25, 0.3) is 0 Å². The van der Waals surface area contributed by atoms with E-state index in [0.29, 0.717) is 12.4 Å². The second kappa shape index (κ2) is 6.16. The van der Waals surface area contributed by atoms with Crippen molar-refractivity contribution >= 4 is 12.1 Å². The summed E-state index contributed by atoms with van der Waals surface area (Å²) in [4.78, 5) is 4.20. The Balaban J connectivity index is 3.02. The maximum atomic E-state index is 9.90. The molecule has 1 rings (SSSR count). The van der Waals surface area contributed by atoms with Gasteiger partial charge in [-0.25, -0.2) is 4.99 Å². The van der Waals surface area contributed by atoms with Crippen molar-refractivity contribution in [3.05, 3.63) is 23.3 Å². The lowest BCUT2D eigenvalue weighted by molar-refractivity contribution is 0.344. The Morgan fingerprint density at radius 3 is 2.19 bits per heavy atom. The molecule has 1 N–H and O–H groups in total. The first kappa shape index (κ1) is 12.6. The maximum Gasteiger partial charge on any atom is 0.174 e. The number of aromatic hydroxyl groups is 1. The van der Waals surface area contributed by atoms with E-state index in [1.165, 1.54) is 6.40 Å². The van der Waals surface area contributed by atoms with Gasteiger partial charge in [-0.2, -0.15) is 0 Å². The molecule has 3 heteroatoms. The SMILES string of the molecule is CCOC=Nc1cc(CC)c(O)c(CC)c1. The van der Waals surface area contributed by atoms with Crippen molar-refractivity contribution in [2.45, 2.75) is 33.6 Å². The Kier molecular flexibility index (Phi) is 4.83. The zero-order chi connectivity index (χ0) is 12.0. The standard InChI is InChI=1S/C13H19NO2/c1-4-10-7-12(14-9-16-6-3)8-11(5-2)13(10)15/h7-9,15H,4-6H2,1-3H3. The molecule has 0 fully saturated rings. The Labute approximate surface area is 96.8 Å². The summed E-state index contributed by atoms with van der Waals surface area (Å²) in [6, 6.07) is 3.79. The van der Waals surface area contributed by atoms with E-state index >= 15 is 0 Å². The van der Waals surface area contributed by atoms with Crippen LogP contribution in [0.3, 0.4) is 0 Å². The zero-order valence-corrected chi connectivity index (χ0v) is 10.2. The molecule has 1 aromatic carbocycles. The molecule has 0 heterocycles. The average molecular weight is 221 g/mol. The summed E-state index contributed by atoms with van der Waals surface area (Å²) in [6.45, 7) is 6.57. The van der Waals surface area contributed by atoms with Crippen molar-refractivity contribution in [3.8, 4) is 5.75 Å². The highest BCUT2D eigenvalue weighted by atomic mass is 16.5. The fraction of sp³-hybridized carbons (Fsp3) is 0.462. The number of benzene rings is 1. The third kappa shape index (κ3) is 2.99. The van der Waals surface area contributed by atoms with Gasteiger partial charge in [0, 0.05) is 0 Å². The van der Waals surface area contributed by atoms with Crippen LogP contribution >= 0.6 is 0 Å². The van der Waals surface area contributed by atoms with E-state index in [2.05, 4.69) is 4.99 Å². The van der Waals surface area contributed by atoms with E-state index in [-0.39, 0.29) is 0 Å². The van der Waals surface area contributed by atoms with Gasteiger partial charge in [-0.15, -0.1) is 0 Å². The van der Waals surface area contributed by atoms with Gasteiger partial charge >= 0.3 is 0 Å². The summed E-state index contributed by atoms with van der Waals surface area (Å²) >= 11 is 0. The smallest absolute Gasteiger partial charge is 0.174 e. The Hall–Kier alpha value is -1.51. The first-order chi connectivity index (χ1) is 7.72. The molecule has 1 aromatic rings. The van der Waals surface area contributed by atoms with Gasteiger partial charge in [0.15, 0.2) is 6.40 Å². The number of aryl methyl sites for hydroxylation is 2. The largest absolute Gasteiger partial charge is 0.507 e. The average Bonchev–Trinajstić information content (AvgIpc) is 2.31. The van der Waals surface area contributed by atoms with Crippen molar-refractivity contribution in [1.82, 2.24) is 0 Å². The molecule has 0 saturated carbocycles. The summed E-state index contributed by atoms with van der Waals surface area (Å²) < 4.78 is 5.06. The number of hydrogen-bond donors (Lipinski definition) is 1. The molecule has 0 bridgehead atoms. The fourth-order valence-electron chi connectivity index (χ4n) is 1.53. The molecule has 0 aliphatic rings. The summed E-state index contributed by atoms with van der Waals surface area (Å²) in [6.07, 6.45) is 3.05. The Morgan fingerprint density at radius 1 is 1.19 bits per heavy atom. The molecule has 0 saturated heterocycles. The minimum Gasteiger partial charge on any atom is -0.507 e. The van der Waals surface area contributed by atoms with E-state index in [9.17, 15) is 5.11 Å². The molecule has 0 aliphatic carbocycles. The van der Waals surface area contributed by atoms with Crippen LogP contribution in [0.5, 0.6) is 5.75 Å². The lowest BCUT2D eigenvalue weighted by atomic mass is 10.0. The summed E-state index contributed by atoms with van der Waals surface area (Å²) in [5.74, 6) is 0.403. The van der Waals surface area contributed by atoms with Gasteiger partial charge in [0.1, 0.15) is 5.75 Å². The number of phenolic OH excluding ortho intramolecular Hbond substituents is 1. The van der Waals surface area contributed by atoms with Gasteiger partial charge in [-0.05, 0) is 43.0 Å².